The summed E-state index contributed by atoms with van der Waals surface area (Å²) in [5.74, 6) is 0. The SMILES string of the molecule is FC(F)([Se]c1ccccc1)C(F)(Cl)[Se]c1ccccc1. The van der Waals surface area contributed by atoms with Gasteiger partial charge in [0.15, 0.2) is 0 Å². The first-order valence-corrected chi connectivity index (χ1v) is 9.45. The van der Waals surface area contributed by atoms with Crippen molar-refractivity contribution in [1.29, 1.82) is 0 Å². The zero-order valence-corrected chi connectivity index (χ0v) is 14.3. The van der Waals surface area contributed by atoms with Crippen LogP contribution in [0.5, 0.6) is 0 Å². The van der Waals surface area contributed by atoms with Gasteiger partial charge in [0.05, 0.1) is 0 Å². The van der Waals surface area contributed by atoms with Crippen LogP contribution >= 0.6 is 11.6 Å². The third-order valence-electron chi connectivity index (χ3n) is 2.32. The molecule has 0 N–H and O–H groups in total. The van der Waals surface area contributed by atoms with Gasteiger partial charge in [0, 0.05) is 0 Å². The molecule has 20 heavy (non-hydrogen) atoms. The molecule has 0 aliphatic carbocycles. The fraction of sp³-hybridized carbons (Fsp3) is 0.143. The number of hydrogen-bond donors (Lipinski definition) is 0. The van der Waals surface area contributed by atoms with Crippen molar-refractivity contribution in [2.45, 2.75) is 8.85 Å². The predicted molar refractivity (Wildman–Crippen MR) is 78.3 cm³/mol. The molecule has 0 amide bonds. The number of halogens is 4. The molecular weight excluding hydrogens is 419 g/mol. The van der Waals surface area contributed by atoms with E-state index in [9.17, 15) is 13.2 Å². The van der Waals surface area contributed by atoms with Gasteiger partial charge in [-0.05, 0) is 0 Å². The van der Waals surface area contributed by atoms with Crippen LogP contribution in [0.1, 0.15) is 0 Å². The van der Waals surface area contributed by atoms with E-state index in [0.717, 1.165) is 0 Å². The molecule has 0 aliphatic rings. The second-order valence-electron chi connectivity index (χ2n) is 3.86. The Morgan fingerprint density at radius 2 is 1.10 bits per heavy atom. The standard InChI is InChI=1S/C14H10ClF3Se2/c15-13(16,19-11-7-3-1-4-8-11)14(17,18)20-12-9-5-2-6-10-12/h1-10H. The van der Waals surface area contributed by atoms with Gasteiger partial charge in [-0.25, -0.2) is 0 Å². The Hall–Kier alpha value is -0.441. The van der Waals surface area contributed by atoms with Crippen LogP contribution < -0.4 is 8.92 Å². The Morgan fingerprint density at radius 3 is 1.55 bits per heavy atom. The molecule has 0 aromatic heterocycles. The summed E-state index contributed by atoms with van der Waals surface area (Å²) in [6, 6.07) is 16.5. The van der Waals surface area contributed by atoms with E-state index in [-0.39, 0.29) is 0 Å². The summed E-state index contributed by atoms with van der Waals surface area (Å²) >= 11 is 3.04. The van der Waals surface area contributed by atoms with Crippen LogP contribution in [0, 0.1) is 0 Å². The molecule has 0 bridgehead atoms. The fourth-order valence-electron chi connectivity index (χ4n) is 1.39. The van der Waals surface area contributed by atoms with Crippen LogP contribution in [0.4, 0.5) is 13.2 Å². The van der Waals surface area contributed by atoms with E-state index in [1.165, 1.54) is 0 Å². The van der Waals surface area contributed by atoms with Crippen LogP contribution in [0.25, 0.3) is 0 Å². The topological polar surface area (TPSA) is 0 Å². The van der Waals surface area contributed by atoms with Crippen molar-refractivity contribution < 1.29 is 13.2 Å². The van der Waals surface area contributed by atoms with Crippen molar-refractivity contribution in [1.82, 2.24) is 0 Å². The molecule has 106 valence electrons. The average Bonchev–Trinajstić information content (AvgIpc) is 2.40. The molecule has 1 unspecified atom stereocenters. The molecule has 0 radical (unpaired) electrons. The Bertz CT molecular complexity index is 495. The zero-order valence-electron chi connectivity index (χ0n) is 10.1. The third kappa shape index (κ3) is 4.03. The first-order chi connectivity index (χ1) is 9.41. The maximum atomic E-state index is 14.3. The number of hydrogen-bond acceptors (Lipinski definition) is 0. The van der Waals surface area contributed by atoms with Gasteiger partial charge < -0.3 is 0 Å². The van der Waals surface area contributed by atoms with Crippen LogP contribution in [-0.2, 0) is 0 Å². The van der Waals surface area contributed by atoms with Crippen molar-refractivity contribution in [3.8, 4) is 0 Å². The molecule has 0 fully saturated rings. The molecule has 2 aromatic carbocycles. The molecule has 0 saturated heterocycles. The van der Waals surface area contributed by atoms with Crippen LogP contribution in [0.2, 0.25) is 0 Å². The molecular formula is C14H10ClF3Se2. The second-order valence-corrected chi connectivity index (χ2v) is 9.98. The molecule has 2 aromatic rings. The zero-order chi connectivity index (χ0) is 14.6. The Kier molecular flexibility index (Phi) is 5.22. The van der Waals surface area contributed by atoms with Crippen molar-refractivity contribution in [3.05, 3.63) is 60.7 Å². The van der Waals surface area contributed by atoms with Crippen molar-refractivity contribution in [3.63, 3.8) is 0 Å². The summed E-state index contributed by atoms with van der Waals surface area (Å²) in [6.07, 6.45) is 0. The molecule has 0 spiro atoms. The van der Waals surface area contributed by atoms with Gasteiger partial charge in [0.1, 0.15) is 0 Å². The van der Waals surface area contributed by atoms with Gasteiger partial charge >= 0.3 is 133 Å². The number of rotatable bonds is 5. The molecule has 0 aliphatic heterocycles. The van der Waals surface area contributed by atoms with Gasteiger partial charge in [0.2, 0.25) is 0 Å². The monoisotopic (exact) mass is 430 g/mol. The maximum absolute atomic E-state index is 14.3. The van der Waals surface area contributed by atoms with Gasteiger partial charge in [-0.2, -0.15) is 0 Å². The molecule has 1 atom stereocenters. The molecule has 6 heteroatoms. The quantitative estimate of drug-likeness (QED) is 0.507. The van der Waals surface area contributed by atoms with E-state index in [2.05, 4.69) is 0 Å². The summed E-state index contributed by atoms with van der Waals surface area (Å²) in [5.41, 5.74) is 0. The summed E-state index contributed by atoms with van der Waals surface area (Å²) in [7, 11) is 0. The number of benzene rings is 2. The van der Waals surface area contributed by atoms with Crippen LogP contribution in [0.3, 0.4) is 0 Å². The Labute approximate surface area is 133 Å². The molecule has 2 rings (SSSR count). The van der Waals surface area contributed by atoms with E-state index in [1.807, 2.05) is 0 Å². The molecule has 0 heterocycles. The average molecular weight is 429 g/mol. The van der Waals surface area contributed by atoms with Crippen molar-refractivity contribution in [2.24, 2.45) is 0 Å². The summed E-state index contributed by atoms with van der Waals surface area (Å²) in [6.45, 7) is 0. The van der Waals surface area contributed by atoms with Gasteiger partial charge in [0.25, 0.3) is 0 Å². The van der Waals surface area contributed by atoms with Crippen molar-refractivity contribution in [2.75, 3.05) is 0 Å². The second kappa shape index (κ2) is 6.55. The third-order valence-corrected chi connectivity index (χ3v) is 8.20. The van der Waals surface area contributed by atoms with Gasteiger partial charge in [-0.3, -0.25) is 0 Å². The normalized spacial score (nSPS) is 14.8. The van der Waals surface area contributed by atoms with E-state index < -0.39 is 38.8 Å². The van der Waals surface area contributed by atoms with Crippen LogP contribution in [0.15, 0.2) is 60.7 Å². The van der Waals surface area contributed by atoms with E-state index in [1.54, 1.807) is 60.7 Å². The van der Waals surface area contributed by atoms with E-state index in [4.69, 9.17) is 11.6 Å². The summed E-state index contributed by atoms with van der Waals surface area (Å²) in [4.78, 5) is -3.56. The summed E-state index contributed by atoms with van der Waals surface area (Å²) in [5, 5.41) is 0. The van der Waals surface area contributed by atoms with E-state index in [0.29, 0.717) is 8.92 Å². The molecule has 0 nitrogen and oxygen atoms in total. The Morgan fingerprint density at radius 1 is 0.700 bits per heavy atom. The van der Waals surface area contributed by atoms with Gasteiger partial charge in [-0.15, -0.1) is 0 Å². The molecule has 0 saturated carbocycles. The first-order valence-electron chi connectivity index (χ1n) is 5.64. The first kappa shape index (κ1) is 15.9. The summed E-state index contributed by atoms with van der Waals surface area (Å²) < 4.78 is 40.4. The predicted octanol–water partition coefficient (Wildman–Crippen LogP) is 2.50. The van der Waals surface area contributed by atoms with Gasteiger partial charge in [-0.1, -0.05) is 0 Å². The number of alkyl halides is 4. The Balaban J connectivity index is 2.14. The van der Waals surface area contributed by atoms with E-state index >= 15 is 0 Å². The minimum atomic E-state index is -3.56. The van der Waals surface area contributed by atoms with Crippen molar-refractivity contribution >= 4 is 50.4 Å². The van der Waals surface area contributed by atoms with Crippen LogP contribution in [-0.4, -0.2) is 38.8 Å². The minimum absolute atomic E-state index is 0.427. The fourth-order valence-corrected chi connectivity index (χ4v) is 5.93.